The molecule has 4 rings (SSSR count). The SMILES string of the molecule is Cc1c(Cl)cnc(NC[C@H]2CC[C@@H](c3nc(C4CC4)n[nH]3)O2)c1C#N. The molecule has 1 saturated heterocycles. The Labute approximate surface area is 150 Å². The number of anilines is 1. The Balaban J connectivity index is 1.37. The van der Waals surface area contributed by atoms with Crippen LogP contribution in [0.1, 0.15) is 60.5 Å². The first-order valence-corrected chi connectivity index (χ1v) is 8.90. The number of H-pyrrole nitrogens is 1. The maximum Gasteiger partial charge on any atom is 0.153 e. The number of rotatable bonds is 5. The van der Waals surface area contributed by atoms with Gasteiger partial charge in [0.15, 0.2) is 11.6 Å². The molecule has 3 heterocycles. The van der Waals surface area contributed by atoms with E-state index in [9.17, 15) is 5.26 Å². The second-order valence-electron chi connectivity index (χ2n) is 6.62. The fourth-order valence-electron chi connectivity index (χ4n) is 3.07. The second-order valence-corrected chi connectivity index (χ2v) is 7.03. The number of hydrogen-bond acceptors (Lipinski definition) is 6. The molecular weight excluding hydrogens is 340 g/mol. The Morgan fingerprint density at radius 2 is 2.24 bits per heavy atom. The minimum atomic E-state index is -0.0397. The van der Waals surface area contributed by atoms with Crippen molar-refractivity contribution < 1.29 is 4.74 Å². The van der Waals surface area contributed by atoms with Crippen molar-refractivity contribution in [2.45, 2.75) is 50.7 Å². The molecule has 8 heteroatoms. The first-order valence-electron chi connectivity index (χ1n) is 8.52. The molecule has 0 spiro atoms. The molecule has 2 aromatic heterocycles. The van der Waals surface area contributed by atoms with Crippen LogP contribution < -0.4 is 5.32 Å². The number of pyridine rings is 1. The minimum Gasteiger partial charge on any atom is -0.366 e. The highest BCUT2D eigenvalue weighted by molar-refractivity contribution is 6.31. The van der Waals surface area contributed by atoms with Crippen LogP contribution in [0, 0.1) is 18.3 Å². The Bertz CT molecular complexity index is 825. The van der Waals surface area contributed by atoms with Gasteiger partial charge in [-0.2, -0.15) is 10.4 Å². The predicted octanol–water partition coefficient (Wildman–Crippen LogP) is 3.24. The molecule has 130 valence electrons. The highest BCUT2D eigenvalue weighted by Crippen LogP contribution is 2.39. The van der Waals surface area contributed by atoms with Crippen molar-refractivity contribution in [1.82, 2.24) is 20.2 Å². The van der Waals surface area contributed by atoms with Gasteiger partial charge in [-0.1, -0.05) is 11.6 Å². The van der Waals surface area contributed by atoms with E-state index in [4.69, 9.17) is 16.3 Å². The Morgan fingerprint density at radius 1 is 1.40 bits per heavy atom. The normalized spacial score (nSPS) is 22.8. The van der Waals surface area contributed by atoms with Crippen molar-refractivity contribution in [2.75, 3.05) is 11.9 Å². The highest BCUT2D eigenvalue weighted by Gasteiger charge is 2.32. The van der Waals surface area contributed by atoms with Gasteiger partial charge in [-0.25, -0.2) is 9.97 Å². The fourth-order valence-corrected chi connectivity index (χ4v) is 3.22. The van der Waals surface area contributed by atoms with Crippen molar-refractivity contribution >= 4 is 17.4 Å². The van der Waals surface area contributed by atoms with E-state index in [0.717, 1.165) is 30.1 Å². The molecule has 1 saturated carbocycles. The minimum absolute atomic E-state index is 0.0397. The van der Waals surface area contributed by atoms with Gasteiger partial charge >= 0.3 is 0 Å². The second kappa shape index (κ2) is 6.62. The molecule has 0 radical (unpaired) electrons. The highest BCUT2D eigenvalue weighted by atomic mass is 35.5. The van der Waals surface area contributed by atoms with Gasteiger partial charge < -0.3 is 10.1 Å². The van der Waals surface area contributed by atoms with Gasteiger partial charge in [0.25, 0.3) is 0 Å². The van der Waals surface area contributed by atoms with Gasteiger partial charge in [0.1, 0.15) is 18.0 Å². The average molecular weight is 359 g/mol. The summed E-state index contributed by atoms with van der Waals surface area (Å²) in [6.07, 6.45) is 5.77. The Kier molecular flexibility index (Phi) is 4.32. The fraction of sp³-hybridized carbons (Fsp3) is 0.529. The molecule has 25 heavy (non-hydrogen) atoms. The average Bonchev–Trinajstić information content (AvgIpc) is 3.16. The molecule has 2 aromatic rings. The summed E-state index contributed by atoms with van der Waals surface area (Å²) in [5.41, 5.74) is 1.22. The Hall–Kier alpha value is -2.17. The van der Waals surface area contributed by atoms with Gasteiger partial charge in [-0.15, -0.1) is 0 Å². The van der Waals surface area contributed by atoms with E-state index in [0.29, 0.717) is 28.9 Å². The van der Waals surface area contributed by atoms with Crippen molar-refractivity contribution in [3.8, 4) is 6.07 Å². The van der Waals surface area contributed by atoms with Crippen LogP contribution in [0.2, 0.25) is 5.02 Å². The molecule has 2 fully saturated rings. The van der Waals surface area contributed by atoms with Crippen LogP contribution in [-0.2, 0) is 4.74 Å². The third kappa shape index (κ3) is 3.32. The lowest BCUT2D eigenvalue weighted by atomic mass is 10.1. The monoisotopic (exact) mass is 358 g/mol. The summed E-state index contributed by atoms with van der Waals surface area (Å²) in [5, 5.41) is 20.3. The lowest BCUT2D eigenvalue weighted by Gasteiger charge is -2.15. The first-order chi connectivity index (χ1) is 12.2. The summed E-state index contributed by atoms with van der Waals surface area (Å²) in [6.45, 7) is 2.40. The number of halogens is 1. The maximum atomic E-state index is 9.32. The number of nitrogens with zero attached hydrogens (tertiary/aromatic N) is 4. The van der Waals surface area contributed by atoms with E-state index in [-0.39, 0.29) is 12.2 Å². The number of nitriles is 1. The number of hydrogen-bond donors (Lipinski definition) is 2. The van der Waals surface area contributed by atoms with E-state index in [2.05, 4.69) is 31.6 Å². The summed E-state index contributed by atoms with van der Waals surface area (Å²) < 4.78 is 6.08. The van der Waals surface area contributed by atoms with Crippen LogP contribution in [0.4, 0.5) is 5.82 Å². The van der Waals surface area contributed by atoms with Crippen LogP contribution in [0.25, 0.3) is 0 Å². The number of aromatic nitrogens is 4. The van der Waals surface area contributed by atoms with E-state index in [1.807, 2.05) is 6.92 Å². The smallest absolute Gasteiger partial charge is 0.153 e. The van der Waals surface area contributed by atoms with Crippen LogP contribution in [0.15, 0.2) is 6.20 Å². The van der Waals surface area contributed by atoms with Crippen molar-refractivity contribution in [3.05, 3.63) is 34.0 Å². The molecule has 2 N–H and O–H groups in total. The van der Waals surface area contributed by atoms with Crippen molar-refractivity contribution in [1.29, 1.82) is 5.26 Å². The third-order valence-corrected chi connectivity index (χ3v) is 5.14. The largest absolute Gasteiger partial charge is 0.366 e. The molecule has 1 aliphatic heterocycles. The molecule has 0 unspecified atom stereocenters. The van der Waals surface area contributed by atoms with Crippen LogP contribution in [0.3, 0.4) is 0 Å². The summed E-state index contributed by atoms with van der Waals surface area (Å²) in [4.78, 5) is 8.80. The van der Waals surface area contributed by atoms with Crippen LogP contribution in [0.5, 0.6) is 0 Å². The molecule has 0 amide bonds. The maximum absolute atomic E-state index is 9.32. The van der Waals surface area contributed by atoms with Gasteiger partial charge in [0.2, 0.25) is 0 Å². The number of aromatic amines is 1. The number of ether oxygens (including phenoxy) is 1. The van der Waals surface area contributed by atoms with E-state index >= 15 is 0 Å². The lowest BCUT2D eigenvalue weighted by Crippen LogP contribution is -2.20. The number of nitrogens with one attached hydrogen (secondary N) is 2. The summed E-state index contributed by atoms with van der Waals surface area (Å²) >= 11 is 6.02. The summed E-state index contributed by atoms with van der Waals surface area (Å²) in [6, 6.07) is 2.16. The predicted molar refractivity (Wildman–Crippen MR) is 92.4 cm³/mol. The van der Waals surface area contributed by atoms with Gasteiger partial charge in [0, 0.05) is 18.7 Å². The molecule has 2 aliphatic rings. The van der Waals surface area contributed by atoms with Crippen molar-refractivity contribution in [3.63, 3.8) is 0 Å². The topological polar surface area (TPSA) is 99.5 Å². The van der Waals surface area contributed by atoms with Crippen LogP contribution >= 0.6 is 11.6 Å². The molecular formula is C17H19ClN6O. The zero-order chi connectivity index (χ0) is 17.4. The van der Waals surface area contributed by atoms with Crippen molar-refractivity contribution in [2.24, 2.45) is 0 Å². The Morgan fingerprint density at radius 3 is 3.00 bits per heavy atom. The van der Waals surface area contributed by atoms with Crippen LogP contribution in [-0.4, -0.2) is 32.8 Å². The standard InChI is InChI=1S/C17H19ClN6O/c1-9-12(6-19)16(21-8-13(9)18)20-7-11-4-5-14(25-11)17-22-15(23-24-17)10-2-3-10/h8,10-11,14H,2-5,7H2,1H3,(H,20,21)(H,22,23,24)/t11-,14+/m1/s1. The first kappa shape index (κ1) is 16.3. The van der Waals surface area contributed by atoms with Gasteiger partial charge in [-0.05, 0) is 38.2 Å². The molecule has 1 aliphatic carbocycles. The zero-order valence-corrected chi connectivity index (χ0v) is 14.7. The van der Waals surface area contributed by atoms with E-state index in [1.54, 1.807) is 6.20 Å². The molecule has 0 bridgehead atoms. The van der Waals surface area contributed by atoms with Gasteiger partial charge in [-0.3, -0.25) is 5.10 Å². The van der Waals surface area contributed by atoms with Gasteiger partial charge in [0.05, 0.1) is 16.7 Å². The molecule has 7 nitrogen and oxygen atoms in total. The molecule has 0 aromatic carbocycles. The van der Waals surface area contributed by atoms with E-state index < -0.39 is 0 Å². The quantitative estimate of drug-likeness (QED) is 0.851. The summed E-state index contributed by atoms with van der Waals surface area (Å²) in [5.74, 6) is 2.82. The van der Waals surface area contributed by atoms with E-state index in [1.165, 1.54) is 12.8 Å². The third-order valence-electron chi connectivity index (χ3n) is 4.76. The zero-order valence-electron chi connectivity index (χ0n) is 13.9. The molecule has 2 atom stereocenters. The summed E-state index contributed by atoms with van der Waals surface area (Å²) in [7, 11) is 0. The lowest BCUT2D eigenvalue weighted by molar-refractivity contribution is 0.0471.